The van der Waals surface area contributed by atoms with Crippen LogP contribution in [-0.2, 0) is 9.53 Å². The largest absolute Gasteiger partial charge is 0.469 e. The Morgan fingerprint density at radius 3 is 2.94 bits per heavy atom. The van der Waals surface area contributed by atoms with Gasteiger partial charge in [0.2, 0.25) is 0 Å². The Hall–Kier alpha value is -0.540. The summed E-state index contributed by atoms with van der Waals surface area (Å²) in [6.07, 6.45) is 3.96. The van der Waals surface area contributed by atoms with E-state index in [0.29, 0.717) is 12.5 Å². The summed E-state index contributed by atoms with van der Waals surface area (Å²) in [4.78, 5) is 13.6. The van der Waals surface area contributed by atoms with Gasteiger partial charge in [-0.2, -0.15) is 0 Å². The van der Waals surface area contributed by atoms with Crippen molar-refractivity contribution >= 4 is 17.6 Å². The van der Waals surface area contributed by atoms with Gasteiger partial charge in [-0.05, 0) is 31.9 Å². The van der Waals surface area contributed by atoms with E-state index in [1.165, 1.54) is 20.0 Å². The zero-order valence-electron chi connectivity index (χ0n) is 10.0. The third kappa shape index (κ3) is 4.14. The van der Waals surface area contributed by atoms with Crippen LogP contribution in [0.2, 0.25) is 0 Å². The second-order valence-electron chi connectivity index (χ2n) is 4.36. The first-order valence-electron chi connectivity index (χ1n) is 5.74. The molecule has 16 heavy (non-hydrogen) atoms. The van der Waals surface area contributed by atoms with E-state index in [4.69, 9.17) is 16.3 Å². The lowest BCUT2D eigenvalue weighted by atomic mass is 9.99. The van der Waals surface area contributed by atoms with Crippen molar-refractivity contribution in [2.45, 2.75) is 38.6 Å². The molecule has 0 aromatic heterocycles. The van der Waals surface area contributed by atoms with Gasteiger partial charge in [-0.25, -0.2) is 0 Å². The van der Waals surface area contributed by atoms with Crippen molar-refractivity contribution in [3.63, 3.8) is 0 Å². The standard InChI is InChI=1S/C12H20ClNO2/c1-10(8-13)9-14-6-4-3-5-11(14)7-12(15)16-2/h8,11H,3-7,9H2,1-2H3. The highest BCUT2D eigenvalue weighted by atomic mass is 35.5. The molecule has 3 nitrogen and oxygen atoms in total. The number of halogens is 1. The molecule has 0 radical (unpaired) electrons. The monoisotopic (exact) mass is 245 g/mol. The van der Waals surface area contributed by atoms with E-state index in [9.17, 15) is 4.79 Å². The molecule has 1 aliphatic rings. The number of likely N-dealkylation sites (tertiary alicyclic amines) is 1. The van der Waals surface area contributed by atoms with E-state index < -0.39 is 0 Å². The molecule has 92 valence electrons. The van der Waals surface area contributed by atoms with Crippen LogP contribution < -0.4 is 0 Å². The fraction of sp³-hybridized carbons (Fsp3) is 0.750. The molecule has 0 N–H and O–H groups in total. The first-order chi connectivity index (χ1) is 7.67. The molecule has 1 saturated heterocycles. The van der Waals surface area contributed by atoms with Crippen LogP contribution in [0.3, 0.4) is 0 Å². The summed E-state index contributed by atoms with van der Waals surface area (Å²) < 4.78 is 4.73. The van der Waals surface area contributed by atoms with Gasteiger partial charge in [-0.15, -0.1) is 0 Å². The summed E-state index contributed by atoms with van der Waals surface area (Å²) >= 11 is 5.67. The van der Waals surface area contributed by atoms with Crippen molar-refractivity contribution in [1.82, 2.24) is 4.90 Å². The number of ether oxygens (including phenoxy) is 1. The number of nitrogens with zero attached hydrogens (tertiary/aromatic N) is 1. The van der Waals surface area contributed by atoms with E-state index in [0.717, 1.165) is 25.1 Å². The summed E-state index contributed by atoms with van der Waals surface area (Å²) in [5, 5.41) is 0. The summed E-state index contributed by atoms with van der Waals surface area (Å²) in [5.74, 6) is -0.121. The fourth-order valence-electron chi connectivity index (χ4n) is 2.13. The van der Waals surface area contributed by atoms with E-state index >= 15 is 0 Å². The van der Waals surface area contributed by atoms with Gasteiger partial charge in [0.15, 0.2) is 0 Å². The van der Waals surface area contributed by atoms with Gasteiger partial charge < -0.3 is 4.74 Å². The van der Waals surface area contributed by atoms with Gasteiger partial charge in [-0.1, -0.05) is 18.0 Å². The highest BCUT2D eigenvalue weighted by Gasteiger charge is 2.24. The molecule has 0 aromatic carbocycles. The number of carbonyl (C=O) groups excluding carboxylic acids is 1. The molecule has 1 atom stereocenters. The molecular weight excluding hydrogens is 226 g/mol. The maximum atomic E-state index is 11.3. The third-order valence-electron chi connectivity index (χ3n) is 3.02. The third-order valence-corrected chi connectivity index (χ3v) is 3.39. The first-order valence-corrected chi connectivity index (χ1v) is 6.17. The number of piperidine rings is 1. The van der Waals surface area contributed by atoms with Gasteiger partial charge in [0.25, 0.3) is 0 Å². The van der Waals surface area contributed by atoms with Gasteiger partial charge in [0.1, 0.15) is 0 Å². The summed E-state index contributed by atoms with van der Waals surface area (Å²) in [7, 11) is 1.44. The Kier molecular flexibility index (Phi) is 5.85. The highest BCUT2D eigenvalue weighted by Crippen LogP contribution is 2.21. The molecule has 0 saturated carbocycles. The minimum absolute atomic E-state index is 0.121. The van der Waals surface area contributed by atoms with Crippen LogP contribution in [0, 0.1) is 0 Å². The van der Waals surface area contributed by atoms with E-state index in [1.807, 2.05) is 6.92 Å². The van der Waals surface area contributed by atoms with E-state index in [-0.39, 0.29) is 5.97 Å². The minimum Gasteiger partial charge on any atom is -0.469 e. The molecule has 0 aromatic rings. The van der Waals surface area contributed by atoms with Crippen molar-refractivity contribution in [2.24, 2.45) is 0 Å². The van der Waals surface area contributed by atoms with Crippen molar-refractivity contribution in [3.05, 3.63) is 11.1 Å². The molecule has 1 fully saturated rings. The summed E-state index contributed by atoms with van der Waals surface area (Å²) in [5.41, 5.74) is 2.75. The SMILES string of the molecule is COC(=O)CC1CCCCN1CC(C)=CCl. The van der Waals surface area contributed by atoms with Crippen molar-refractivity contribution in [2.75, 3.05) is 20.2 Å². The van der Waals surface area contributed by atoms with Crippen LogP contribution in [0.25, 0.3) is 0 Å². The lowest BCUT2D eigenvalue weighted by molar-refractivity contribution is -0.142. The molecule has 1 rings (SSSR count). The Morgan fingerprint density at radius 2 is 2.31 bits per heavy atom. The molecule has 1 aliphatic heterocycles. The van der Waals surface area contributed by atoms with Crippen molar-refractivity contribution in [1.29, 1.82) is 0 Å². The highest BCUT2D eigenvalue weighted by molar-refractivity contribution is 6.25. The Labute approximate surface area is 102 Å². The van der Waals surface area contributed by atoms with Crippen molar-refractivity contribution in [3.8, 4) is 0 Å². The topological polar surface area (TPSA) is 29.5 Å². The van der Waals surface area contributed by atoms with Gasteiger partial charge >= 0.3 is 5.97 Å². The van der Waals surface area contributed by atoms with E-state index in [2.05, 4.69) is 4.90 Å². The zero-order chi connectivity index (χ0) is 12.0. The van der Waals surface area contributed by atoms with Crippen molar-refractivity contribution < 1.29 is 9.53 Å². The summed E-state index contributed by atoms with van der Waals surface area (Å²) in [6, 6.07) is 0.313. The number of carbonyl (C=O) groups is 1. The van der Waals surface area contributed by atoms with Crippen LogP contribution in [0.15, 0.2) is 11.1 Å². The second kappa shape index (κ2) is 6.92. The number of methoxy groups -OCH3 is 1. The van der Waals surface area contributed by atoms with Crippen LogP contribution in [0.1, 0.15) is 32.6 Å². The molecule has 0 spiro atoms. The predicted molar refractivity (Wildman–Crippen MR) is 65.5 cm³/mol. The number of esters is 1. The Morgan fingerprint density at radius 1 is 1.56 bits per heavy atom. The average Bonchev–Trinajstić information content (AvgIpc) is 2.31. The average molecular weight is 246 g/mol. The Balaban J connectivity index is 2.53. The van der Waals surface area contributed by atoms with E-state index in [1.54, 1.807) is 5.54 Å². The van der Waals surface area contributed by atoms with Crippen LogP contribution in [-0.4, -0.2) is 37.1 Å². The molecule has 0 aliphatic carbocycles. The first kappa shape index (κ1) is 13.5. The summed E-state index contributed by atoms with van der Waals surface area (Å²) in [6.45, 7) is 3.91. The maximum Gasteiger partial charge on any atom is 0.307 e. The lowest BCUT2D eigenvalue weighted by Crippen LogP contribution is -2.41. The molecular formula is C12H20ClNO2. The Bertz CT molecular complexity index is 266. The second-order valence-corrected chi connectivity index (χ2v) is 4.57. The molecule has 1 unspecified atom stereocenters. The fourth-order valence-corrected chi connectivity index (χ4v) is 2.20. The van der Waals surface area contributed by atoms with Gasteiger partial charge in [0, 0.05) is 18.1 Å². The molecule has 1 heterocycles. The smallest absolute Gasteiger partial charge is 0.307 e. The zero-order valence-corrected chi connectivity index (χ0v) is 10.8. The molecule has 0 amide bonds. The normalized spacial score (nSPS) is 23.2. The number of rotatable bonds is 4. The van der Waals surface area contributed by atoms with Gasteiger partial charge in [-0.3, -0.25) is 9.69 Å². The number of hydrogen-bond donors (Lipinski definition) is 0. The predicted octanol–water partition coefficient (Wildman–Crippen LogP) is 2.55. The number of hydrogen-bond acceptors (Lipinski definition) is 3. The van der Waals surface area contributed by atoms with Gasteiger partial charge in [0.05, 0.1) is 13.5 Å². The minimum atomic E-state index is -0.121. The molecule has 4 heteroatoms. The van der Waals surface area contributed by atoms with Crippen LogP contribution in [0.5, 0.6) is 0 Å². The van der Waals surface area contributed by atoms with Crippen LogP contribution >= 0.6 is 11.6 Å². The quantitative estimate of drug-likeness (QED) is 0.713. The molecule has 0 bridgehead atoms. The van der Waals surface area contributed by atoms with Crippen LogP contribution in [0.4, 0.5) is 0 Å². The maximum absolute atomic E-state index is 11.3. The lowest BCUT2D eigenvalue weighted by Gasteiger charge is -2.35.